The fourth-order valence-electron chi connectivity index (χ4n) is 2.88. The third-order valence-corrected chi connectivity index (χ3v) is 6.23. The van der Waals surface area contributed by atoms with Gasteiger partial charge in [-0.3, -0.25) is 4.79 Å². The molecule has 4 aromatic carbocycles. The van der Waals surface area contributed by atoms with Gasteiger partial charge in [-0.05, 0) is 54.6 Å². The summed E-state index contributed by atoms with van der Waals surface area (Å²) in [4.78, 5) is 16.6. The number of hydrogen-bond donors (Lipinski definition) is 1. The average Bonchev–Trinajstić information content (AvgIpc) is 2.75. The zero-order chi connectivity index (χ0) is 21.6. The third kappa shape index (κ3) is 5.75. The van der Waals surface area contributed by atoms with Crippen LogP contribution in [0.5, 0.6) is 0 Å². The lowest BCUT2D eigenvalue weighted by molar-refractivity contribution is 0.102. The molecule has 0 aliphatic rings. The summed E-state index contributed by atoms with van der Waals surface area (Å²) < 4.78 is 27.2. The monoisotopic (exact) mass is 449 g/mol. The van der Waals surface area contributed by atoms with Gasteiger partial charge in [0, 0.05) is 31.3 Å². The van der Waals surface area contributed by atoms with Gasteiger partial charge in [0.05, 0.1) is 5.56 Å². The predicted octanol–water partition coefficient (Wildman–Crippen LogP) is 7.52. The van der Waals surface area contributed by atoms with E-state index in [4.69, 9.17) is 0 Å². The summed E-state index contributed by atoms with van der Waals surface area (Å²) in [5, 5.41) is 2.74. The number of nitrogens with one attached hydrogen (secondary N) is 1. The zero-order valence-electron chi connectivity index (χ0n) is 16.2. The summed E-state index contributed by atoms with van der Waals surface area (Å²) in [5.74, 6) is -2.25. The van der Waals surface area contributed by atoms with E-state index in [1.807, 2.05) is 78.9 Å². The van der Waals surface area contributed by atoms with Gasteiger partial charge in [0.15, 0.2) is 0 Å². The van der Waals surface area contributed by atoms with Crippen molar-refractivity contribution in [1.29, 1.82) is 0 Å². The van der Waals surface area contributed by atoms with Gasteiger partial charge in [0.25, 0.3) is 5.91 Å². The maximum Gasteiger partial charge on any atom is 0.258 e. The Morgan fingerprint density at radius 2 is 1.19 bits per heavy atom. The first-order chi connectivity index (χ1) is 15.1. The first kappa shape index (κ1) is 21.2. The van der Waals surface area contributed by atoms with Crippen LogP contribution in [0.1, 0.15) is 10.4 Å². The van der Waals surface area contributed by atoms with Crippen molar-refractivity contribution in [3.8, 4) is 0 Å². The molecule has 2 nitrogen and oxygen atoms in total. The summed E-state index contributed by atoms with van der Waals surface area (Å²) in [6.07, 6.45) is 0. The molecule has 31 heavy (non-hydrogen) atoms. The van der Waals surface area contributed by atoms with E-state index in [0.717, 1.165) is 31.7 Å². The van der Waals surface area contributed by atoms with Crippen molar-refractivity contribution in [1.82, 2.24) is 0 Å². The van der Waals surface area contributed by atoms with Crippen LogP contribution < -0.4 is 5.32 Å². The van der Waals surface area contributed by atoms with E-state index in [1.54, 1.807) is 23.5 Å². The van der Waals surface area contributed by atoms with Crippen LogP contribution in [0.4, 0.5) is 14.5 Å². The number of anilines is 1. The van der Waals surface area contributed by atoms with Crippen molar-refractivity contribution < 1.29 is 13.6 Å². The van der Waals surface area contributed by atoms with Crippen LogP contribution in [0.15, 0.2) is 117 Å². The Labute approximate surface area is 187 Å². The van der Waals surface area contributed by atoms with Crippen LogP contribution in [0.2, 0.25) is 0 Å². The summed E-state index contributed by atoms with van der Waals surface area (Å²) in [7, 11) is 0. The Hall–Kier alpha value is -3.09. The summed E-state index contributed by atoms with van der Waals surface area (Å²) in [5.41, 5.74) is 0.327. The SMILES string of the molecule is O=C(Nc1cc(Sc2ccccc2)cc(Sc2ccccc2)c1)c1ccc(F)cc1F. The van der Waals surface area contributed by atoms with E-state index in [0.29, 0.717) is 11.8 Å². The number of amides is 1. The van der Waals surface area contributed by atoms with Gasteiger partial charge < -0.3 is 5.32 Å². The Morgan fingerprint density at radius 3 is 1.71 bits per heavy atom. The highest BCUT2D eigenvalue weighted by Gasteiger charge is 2.14. The highest BCUT2D eigenvalue weighted by atomic mass is 32.2. The predicted molar refractivity (Wildman–Crippen MR) is 122 cm³/mol. The second-order valence-electron chi connectivity index (χ2n) is 6.60. The summed E-state index contributed by atoms with van der Waals surface area (Å²) >= 11 is 3.13. The highest BCUT2D eigenvalue weighted by molar-refractivity contribution is 8.00. The molecule has 4 aromatic rings. The quantitative estimate of drug-likeness (QED) is 0.330. The third-order valence-electron chi connectivity index (χ3n) is 4.27. The minimum atomic E-state index is -0.897. The maximum atomic E-state index is 14.0. The molecule has 0 saturated carbocycles. The topological polar surface area (TPSA) is 29.1 Å². The number of hydrogen-bond acceptors (Lipinski definition) is 3. The van der Waals surface area contributed by atoms with E-state index in [-0.39, 0.29) is 5.56 Å². The van der Waals surface area contributed by atoms with E-state index < -0.39 is 17.5 Å². The van der Waals surface area contributed by atoms with Gasteiger partial charge in [0.1, 0.15) is 11.6 Å². The molecule has 1 amide bonds. The highest BCUT2D eigenvalue weighted by Crippen LogP contribution is 2.36. The van der Waals surface area contributed by atoms with Crippen molar-refractivity contribution in [2.24, 2.45) is 0 Å². The lowest BCUT2D eigenvalue weighted by Gasteiger charge is -2.11. The van der Waals surface area contributed by atoms with Gasteiger partial charge in [-0.15, -0.1) is 0 Å². The molecule has 0 bridgehead atoms. The molecular weight excluding hydrogens is 432 g/mol. The molecule has 0 aliphatic carbocycles. The molecule has 0 unspecified atom stereocenters. The van der Waals surface area contributed by atoms with Crippen LogP contribution >= 0.6 is 23.5 Å². The van der Waals surface area contributed by atoms with Crippen molar-refractivity contribution >= 4 is 35.1 Å². The van der Waals surface area contributed by atoms with Gasteiger partial charge >= 0.3 is 0 Å². The Kier molecular flexibility index (Phi) is 6.70. The standard InChI is InChI=1S/C25H17F2NOS2/c26-17-11-12-23(24(27)13-17)25(29)28-18-14-21(30-19-7-3-1-4-8-19)16-22(15-18)31-20-9-5-2-6-10-20/h1-16H,(H,28,29). The average molecular weight is 450 g/mol. The molecule has 0 fully saturated rings. The molecule has 0 atom stereocenters. The lowest BCUT2D eigenvalue weighted by atomic mass is 10.2. The largest absolute Gasteiger partial charge is 0.322 e. The van der Waals surface area contributed by atoms with E-state index >= 15 is 0 Å². The fraction of sp³-hybridized carbons (Fsp3) is 0. The number of halogens is 2. The zero-order valence-corrected chi connectivity index (χ0v) is 17.9. The molecule has 0 aromatic heterocycles. The van der Waals surface area contributed by atoms with Crippen LogP contribution in [-0.4, -0.2) is 5.91 Å². The van der Waals surface area contributed by atoms with E-state index in [2.05, 4.69) is 5.32 Å². The van der Waals surface area contributed by atoms with Crippen molar-refractivity contribution in [3.63, 3.8) is 0 Å². The van der Waals surface area contributed by atoms with Gasteiger partial charge in [-0.25, -0.2) is 8.78 Å². The second-order valence-corrected chi connectivity index (χ2v) is 8.90. The van der Waals surface area contributed by atoms with Gasteiger partial charge in [-0.1, -0.05) is 59.9 Å². The number of carbonyl (C=O) groups excluding carboxylic acids is 1. The summed E-state index contributed by atoms with van der Waals surface area (Å²) in [6, 6.07) is 28.4. The molecule has 0 aliphatic heterocycles. The Bertz CT molecular complexity index is 1140. The molecule has 0 heterocycles. The summed E-state index contributed by atoms with van der Waals surface area (Å²) in [6.45, 7) is 0. The Morgan fingerprint density at radius 1 is 0.645 bits per heavy atom. The molecule has 4 rings (SSSR count). The number of rotatable bonds is 6. The molecule has 0 radical (unpaired) electrons. The van der Waals surface area contributed by atoms with Gasteiger partial charge in [-0.2, -0.15) is 0 Å². The second kappa shape index (κ2) is 9.81. The number of benzene rings is 4. The minimum Gasteiger partial charge on any atom is -0.322 e. The molecule has 0 saturated heterocycles. The van der Waals surface area contributed by atoms with Crippen LogP contribution in [0.3, 0.4) is 0 Å². The van der Waals surface area contributed by atoms with E-state index in [9.17, 15) is 13.6 Å². The molecule has 6 heteroatoms. The molecular formula is C25H17F2NOS2. The van der Waals surface area contributed by atoms with Crippen molar-refractivity contribution in [3.05, 3.63) is 114 Å². The van der Waals surface area contributed by atoms with Crippen molar-refractivity contribution in [2.45, 2.75) is 19.6 Å². The molecule has 1 N–H and O–H groups in total. The first-order valence-corrected chi connectivity index (χ1v) is 11.1. The molecule has 0 spiro atoms. The van der Waals surface area contributed by atoms with Crippen LogP contribution in [-0.2, 0) is 0 Å². The lowest BCUT2D eigenvalue weighted by Crippen LogP contribution is -2.14. The normalized spacial score (nSPS) is 10.6. The maximum absolute atomic E-state index is 14.0. The van der Waals surface area contributed by atoms with Crippen LogP contribution in [0, 0.1) is 11.6 Å². The Balaban J connectivity index is 1.64. The smallest absolute Gasteiger partial charge is 0.258 e. The van der Waals surface area contributed by atoms with Gasteiger partial charge in [0.2, 0.25) is 0 Å². The first-order valence-electron chi connectivity index (χ1n) is 9.44. The minimum absolute atomic E-state index is 0.209. The van der Waals surface area contributed by atoms with E-state index in [1.165, 1.54) is 0 Å². The van der Waals surface area contributed by atoms with Crippen LogP contribution in [0.25, 0.3) is 0 Å². The molecule has 154 valence electrons. The number of carbonyl (C=O) groups is 1. The fourth-order valence-corrected chi connectivity index (χ4v) is 4.83. The van der Waals surface area contributed by atoms with Crippen molar-refractivity contribution in [2.75, 3.05) is 5.32 Å².